The SMILES string of the molecule is CN(Cc1cc(C(=O)OCCCCCOC(=O)C(C)(F)c2ccc(-c3ccccc3)cc2)cc(Br)c1N)C1CCCCC1. The third-order valence-electron chi connectivity index (χ3n) is 8.24. The highest BCUT2D eigenvalue weighted by Gasteiger charge is 2.37. The molecule has 3 aromatic carbocycles. The van der Waals surface area contributed by atoms with Gasteiger partial charge in [0.1, 0.15) is 0 Å². The summed E-state index contributed by atoms with van der Waals surface area (Å²) in [6, 6.07) is 20.7. The molecule has 0 heterocycles. The van der Waals surface area contributed by atoms with Gasteiger partial charge in [0.15, 0.2) is 0 Å². The van der Waals surface area contributed by atoms with Crippen LogP contribution in [0.1, 0.15) is 79.8 Å². The van der Waals surface area contributed by atoms with Gasteiger partial charge in [-0.3, -0.25) is 4.90 Å². The molecule has 1 aliphatic carbocycles. The van der Waals surface area contributed by atoms with Gasteiger partial charge in [0.05, 0.1) is 24.5 Å². The lowest BCUT2D eigenvalue weighted by atomic mass is 9.94. The maximum atomic E-state index is 15.3. The molecule has 3 aromatic rings. The predicted molar refractivity (Wildman–Crippen MR) is 172 cm³/mol. The molecule has 1 aliphatic rings. The lowest BCUT2D eigenvalue weighted by molar-refractivity contribution is -0.157. The van der Waals surface area contributed by atoms with Crippen molar-refractivity contribution < 1.29 is 23.5 Å². The third-order valence-corrected chi connectivity index (χ3v) is 8.90. The van der Waals surface area contributed by atoms with Crippen molar-refractivity contribution in [1.29, 1.82) is 0 Å². The van der Waals surface area contributed by atoms with Gasteiger partial charge in [0, 0.05) is 22.6 Å². The second kappa shape index (κ2) is 15.5. The summed E-state index contributed by atoms with van der Waals surface area (Å²) >= 11 is 3.50. The van der Waals surface area contributed by atoms with Crippen LogP contribution in [-0.4, -0.2) is 43.1 Å². The van der Waals surface area contributed by atoms with E-state index < -0.39 is 17.6 Å². The van der Waals surface area contributed by atoms with E-state index in [1.165, 1.54) is 39.0 Å². The first-order chi connectivity index (χ1) is 20.7. The van der Waals surface area contributed by atoms with E-state index in [1.54, 1.807) is 30.3 Å². The molecule has 1 fully saturated rings. The molecular formula is C35H42BrFN2O4. The third kappa shape index (κ3) is 8.89. The molecule has 1 unspecified atom stereocenters. The number of rotatable bonds is 13. The number of hydrogen-bond acceptors (Lipinski definition) is 6. The standard InChI is InChI=1S/C35H42BrFN2O4/c1-35(37,29-18-16-26(17-19-29)25-12-6-3-7-13-25)34(41)43-21-11-5-10-20-42-33(40)27-22-28(32(38)31(36)23-27)24-39(2)30-14-8-4-9-15-30/h3,6-7,12-13,16-19,22-23,30H,4-5,8-11,14-15,20-21,24,38H2,1-2H3. The van der Waals surface area contributed by atoms with Crippen LogP contribution in [0.3, 0.4) is 0 Å². The quantitative estimate of drug-likeness (QED) is 0.114. The number of halogens is 2. The van der Waals surface area contributed by atoms with E-state index in [2.05, 4.69) is 27.9 Å². The van der Waals surface area contributed by atoms with Crippen LogP contribution in [0.5, 0.6) is 0 Å². The number of ether oxygens (including phenoxy) is 2. The summed E-state index contributed by atoms with van der Waals surface area (Å²) in [6.07, 6.45) is 7.99. The molecule has 0 bridgehead atoms. The number of nitrogen functional groups attached to an aromatic ring is 1. The first kappa shape index (κ1) is 32.7. The minimum Gasteiger partial charge on any atom is -0.463 e. The Labute approximate surface area is 262 Å². The van der Waals surface area contributed by atoms with Crippen LogP contribution in [-0.2, 0) is 26.5 Å². The fraction of sp³-hybridized carbons (Fsp3) is 0.429. The number of unbranched alkanes of at least 4 members (excludes halogenated alkanes) is 2. The molecule has 6 nitrogen and oxygen atoms in total. The van der Waals surface area contributed by atoms with Crippen LogP contribution in [0.4, 0.5) is 10.1 Å². The lowest BCUT2D eigenvalue weighted by Gasteiger charge is -2.31. The molecular weight excluding hydrogens is 611 g/mol. The Morgan fingerprint density at radius 1 is 0.930 bits per heavy atom. The number of nitrogens with two attached hydrogens (primary N) is 1. The number of esters is 2. The van der Waals surface area contributed by atoms with Crippen LogP contribution in [0.15, 0.2) is 71.2 Å². The number of alkyl halides is 1. The summed E-state index contributed by atoms with van der Waals surface area (Å²) in [7, 11) is 2.11. The monoisotopic (exact) mass is 652 g/mol. The van der Waals surface area contributed by atoms with Gasteiger partial charge in [0.25, 0.3) is 0 Å². The molecule has 1 saturated carbocycles. The minimum atomic E-state index is -2.25. The Morgan fingerprint density at radius 2 is 1.56 bits per heavy atom. The van der Waals surface area contributed by atoms with Crippen LogP contribution in [0.2, 0.25) is 0 Å². The second-order valence-corrected chi connectivity index (χ2v) is 12.4. The number of carbonyl (C=O) groups is 2. The Kier molecular flexibility index (Phi) is 11.8. The molecule has 4 rings (SSSR count). The molecule has 0 aromatic heterocycles. The number of benzene rings is 3. The lowest BCUT2D eigenvalue weighted by Crippen LogP contribution is -2.33. The van der Waals surface area contributed by atoms with Gasteiger partial charge in [-0.1, -0.05) is 73.9 Å². The zero-order valence-corrected chi connectivity index (χ0v) is 26.7. The van der Waals surface area contributed by atoms with E-state index in [4.69, 9.17) is 15.2 Å². The van der Waals surface area contributed by atoms with Gasteiger partial charge in [-0.05, 0) is 90.8 Å². The van der Waals surface area contributed by atoms with Crippen molar-refractivity contribution in [3.05, 3.63) is 87.9 Å². The zero-order valence-electron chi connectivity index (χ0n) is 25.1. The van der Waals surface area contributed by atoms with Crippen molar-refractivity contribution in [2.45, 2.75) is 76.5 Å². The number of hydrogen-bond donors (Lipinski definition) is 1. The Bertz CT molecular complexity index is 1360. The molecule has 2 N–H and O–H groups in total. The Balaban J connectivity index is 1.18. The minimum absolute atomic E-state index is 0.0944. The summed E-state index contributed by atoms with van der Waals surface area (Å²) < 4.78 is 26.8. The Hall–Kier alpha value is -3.23. The van der Waals surface area contributed by atoms with E-state index in [9.17, 15) is 9.59 Å². The molecule has 43 heavy (non-hydrogen) atoms. The molecule has 8 heteroatoms. The van der Waals surface area contributed by atoms with E-state index in [0.29, 0.717) is 47.6 Å². The fourth-order valence-electron chi connectivity index (χ4n) is 5.50. The van der Waals surface area contributed by atoms with E-state index in [1.807, 2.05) is 36.4 Å². The maximum Gasteiger partial charge on any atom is 0.348 e. The first-order valence-electron chi connectivity index (χ1n) is 15.1. The van der Waals surface area contributed by atoms with Crippen molar-refractivity contribution in [1.82, 2.24) is 4.90 Å². The highest BCUT2D eigenvalue weighted by atomic mass is 79.9. The average molecular weight is 654 g/mol. The van der Waals surface area contributed by atoms with Crippen molar-refractivity contribution in [2.24, 2.45) is 0 Å². The second-order valence-electron chi connectivity index (χ2n) is 11.5. The van der Waals surface area contributed by atoms with Gasteiger partial charge in [0.2, 0.25) is 5.67 Å². The Morgan fingerprint density at radius 3 is 2.23 bits per heavy atom. The summed E-state index contributed by atoms with van der Waals surface area (Å²) in [5.74, 6) is -1.31. The first-order valence-corrected chi connectivity index (χ1v) is 15.9. The van der Waals surface area contributed by atoms with Crippen LogP contribution in [0.25, 0.3) is 11.1 Å². The molecule has 0 radical (unpaired) electrons. The molecule has 0 aliphatic heterocycles. The van der Waals surface area contributed by atoms with Crippen molar-refractivity contribution in [3.63, 3.8) is 0 Å². The molecule has 0 amide bonds. The van der Waals surface area contributed by atoms with Gasteiger partial charge >= 0.3 is 11.9 Å². The van der Waals surface area contributed by atoms with E-state index in [-0.39, 0.29) is 18.8 Å². The summed E-state index contributed by atoms with van der Waals surface area (Å²) in [5, 5.41) is 0. The number of nitrogens with zero attached hydrogens (tertiary/aromatic N) is 1. The van der Waals surface area contributed by atoms with Gasteiger partial charge in [-0.25, -0.2) is 14.0 Å². The average Bonchev–Trinajstić information content (AvgIpc) is 3.03. The topological polar surface area (TPSA) is 81.9 Å². The highest BCUT2D eigenvalue weighted by Crippen LogP contribution is 2.31. The zero-order chi connectivity index (χ0) is 30.8. The van der Waals surface area contributed by atoms with Crippen molar-refractivity contribution in [2.75, 3.05) is 26.0 Å². The number of carbonyl (C=O) groups excluding carboxylic acids is 2. The molecule has 1 atom stereocenters. The van der Waals surface area contributed by atoms with Crippen LogP contribution in [0, 0.1) is 0 Å². The largest absolute Gasteiger partial charge is 0.463 e. The van der Waals surface area contributed by atoms with Crippen molar-refractivity contribution >= 4 is 33.6 Å². The predicted octanol–water partition coefficient (Wildman–Crippen LogP) is 8.22. The van der Waals surface area contributed by atoms with E-state index >= 15 is 4.39 Å². The van der Waals surface area contributed by atoms with Crippen molar-refractivity contribution in [3.8, 4) is 11.1 Å². The summed E-state index contributed by atoms with van der Waals surface area (Å²) in [6.45, 7) is 2.23. The highest BCUT2D eigenvalue weighted by molar-refractivity contribution is 9.10. The summed E-state index contributed by atoms with van der Waals surface area (Å²) in [4.78, 5) is 27.6. The van der Waals surface area contributed by atoms with Gasteiger partial charge < -0.3 is 15.2 Å². The number of anilines is 1. The van der Waals surface area contributed by atoms with Gasteiger partial charge in [-0.2, -0.15) is 0 Å². The van der Waals surface area contributed by atoms with E-state index in [0.717, 1.165) is 16.7 Å². The van der Waals surface area contributed by atoms with Gasteiger partial charge in [-0.15, -0.1) is 0 Å². The molecule has 0 spiro atoms. The van der Waals surface area contributed by atoms with Crippen LogP contribution >= 0.6 is 15.9 Å². The summed E-state index contributed by atoms with van der Waals surface area (Å²) in [5.41, 5.74) is 8.30. The molecule has 0 saturated heterocycles. The van der Waals surface area contributed by atoms with Crippen LogP contribution < -0.4 is 5.73 Å². The maximum absolute atomic E-state index is 15.3. The molecule has 230 valence electrons. The normalized spacial score (nSPS) is 15.2. The fourth-order valence-corrected chi connectivity index (χ4v) is 6.00. The smallest absolute Gasteiger partial charge is 0.348 e.